The minimum absolute atomic E-state index is 0.566. The van der Waals surface area contributed by atoms with E-state index < -0.39 is 0 Å². The lowest BCUT2D eigenvalue weighted by Gasteiger charge is -2.38. The fraction of sp³-hybridized carbons (Fsp3) is 0.533. The molecule has 112 valence electrons. The molecule has 0 aliphatic carbocycles. The van der Waals surface area contributed by atoms with E-state index >= 15 is 0 Å². The highest BCUT2D eigenvalue weighted by Crippen LogP contribution is 2.19. The van der Waals surface area contributed by atoms with E-state index in [-0.39, 0.29) is 0 Å². The minimum atomic E-state index is 0.566. The maximum atomic E-state index is 4.26. The van der Waals surface area contributed by atoms with Gasteiger partial charge in [-0.25, -0.2) is 0 Å². The third-order valence-electron chi connectivity index (χ3n) is 4.14. The normalized spacial score (nSPS) is 19.1. The van der Waals surface area contributed by atoms with Crippen LogP contribution in [0.25, 0.3) is 0 Å². The van der Waals surface area contributed by atoms with Crippen molar-refractivity contribution in [1.29, 1.82) is 0 Å². The molecule has 1 aliphatic rings. The van der Waals surface area contributed by atoms with E-state index in [1.165, 1.54) is 12.8 Å². The summed E-state index contributed by atoms with van der Waals surface area (Å²) in [5.41, 5.74) is 0. The van der Waals surface area contributed by atoms with Crippen LogP contribution in [0.4, 0.5) is 5.82 Å². The summed E-state index contributed by atoms with van der Waals surface area (Å²) in [5.74, 6) is 0.989. The number of nitrogens with zero attached hydrogens (tertiary/aromatic N) is 6. The molecule has 1 saturated heterocycles. The number of anilines is 1. The third kappa shape index (κ3) is 3.58. The van der Waals surface area contributed by atoms with Crippen LogP contribution in [-0.2, 0) is 6.54 Å². The van der Waals surface area contributed by atoms with Crippen LogP contribution in [-0.4, -0.2) is 57.6 Å². The van der Waals surface area contributed by atoms with Gasteiger partial charge in [0.25, 0.3) is 0 Å². The van der Waals surface area contributed by atoms with Crippen LogP contribution < -0.4 is 4.90 Å². The van der Waals surface area contributed by atoms with Crippen molar-refractivity contribution < 1.29 is 0 Å². The fourth-order valence-electron chi connectivity index (χ4n) is 2.86. The summed E-state index contributed by atoms with van der Waals surface area (Å²) in [4.78, 5) is 4.77. The van der Waals surface area contributed by atoms with Gasteiger partial charge in [-0.15, -0.1) is 5.10 Å². The Balaban J connectivity index is 1.55. The first-order valence-corrected chi connectivity index (χ1v) is 7.53. The molecular formula is C15H22N6. The van der Waals surface area contributed by atoms with Gasteiger partial charge in [-0.05, 0) is 38.1 Å². The molecular weight excluding hydrogens is 264 g/mol. The maximum absolute atomic E-state index is 4.26. The van der Waals surface area contributed by atoms with Crippen molar-refractivity contribution in [2.24, 2.45) is 0 Å². The average Bonchev–Trinajstić information content (AvgIpc) is 3.07. The lowest BCUT2D eigenvalue weighted by molar-refractivity contribution is 0.205. The van der Waals surface area contributed by atoms with Crippen molar-refractivity contribution in [3.8, 4) is 0 Å². The van der Waals surface area contributed by atoms with E-state index in [2.05, 4.69) is 32.1 Å². The third-order valence-corrected chi connectivity index (χ3v) is 4.14. The number of rotatable bonds is 5. The summed E-state index contributed by atoms with van der Waals surface area (Å²) < 4.78 is 1.99. The molecule has 1 fully saturated rings. The van der Waals surface area contributed by atoms with Crippen LogP contribution >= 0.6 is 0 Å². The smallest absolute Gasteiger partial charge is 0.151 e. The number of likely N-dealkylation sites (N-methyl/N-ethyl adjacent to an activating group) is 1. The number of hydrogen-bond donors (Lipinski definition) is 0. The van der Waals surface area contributed by atoms with E-state index in [0.717, 1.165) is 32.0 Å². The Bertz CT molecular complexity index is 526. The second-order valence-corrected chi connectivity index (χ2v) is 5.57. The molecule has 0 amide bonds. The van der Waals surface area contributed by atoms with Crippen molar-refractivity contribution in [2.75, 3.05) is 31.6 Å². The largest absolute Gasteiger partial charge is 0.354 e. The van der Waals surface area contributed by atoms with Crippen molar-refractivity contribution in [1.82, 2.24) is 24.9 Å². The average molecular weight is 286 g/mol. The van der Waals surface area contributed by atoms with Crippen LogP contribution in [0.15, 0.2) is 36.8 Å². The molecule has 21 heavy (non-hydrogen) atoms. The first-order chi connectivity index (χ1) is 10.3. The molecule has 3 rings (SSSR count). The number of hydrogen-bond acceptors (Lipinski definition) is 5. The van der Waals surface area contributed by atoms with E-state index in [4.69, 9.17) is 0 Å². The highest BCUT2D eigenvalue weighted by molar-refractivity contribution is 5.37. The van der Waals surface area contributed by atoms with Gasteiger partial charge in [0.1, 0.15) is 0 Å². The van der Waals surface area contributed by atoms with E-state index in [9.17, 15) is 0 Å². The van der Waals surface area contributed by atoms with Gasteiger partial charge < -0.3 is 4.90 Å². The van der Waals surface area contributed by atoms with Gasteiger partial charge in [0.15, 0.2) is 5.82 Å². The Hall–Kier alpha value is -1.95. The number of aromatic nitrogens is 4. The van der Waals surface area contributed by atoms with Gasteiger partial charge in [0, 0.05) is 44.3 Å². The monoisotopic (exact) mass is 286 g/mol. The molecule has 0 radical (unpaired) electrons. The fourth-order valence-corrected chi connectivity index (χ4v) is 2.86. The Labute approximate surface area is 125 Å². The van der Waals surface area contributed by atoms with Crippen LogP contribution in [0.1, 0.15) is 12.8 Å². The van der Waals surface area contributed by atoms with Gasteiger partial charge in [-0.2, -0.15) is 10.2 Å². The second kappa shape index (κ2) is 6.67. The van der Waals surface area contributed by atoms with Crippen molar-refractivity contribution >= 4 is 5.82 Å². The molecule has 0 spiro atoms. The SMILES string of the molecule is CN(CCn1cccn1)[C@H]1CCCN(c2cccnn2)C1. The lowest BCUT2D eigenvalue weighted by atomic mass is 10.0. The summed E-state index contributed by atoms with van der Waals surface area (Å²) in [6.45, 7) is 4.04. The van der Waals surface area contributed by atoms with Crippen molar-refractivity contribution in [3.63, 3.8) is 0 Å². The summed E-state index contributed by atoms with van der Waals surface area (Å²) in [7, 11) is 2.20. The minimum Gasteiger partial charge on any atom is -0.354 e. The molecule has 6 heteroatoms. The summed E-state index contributed by atoms with van der Waals surface area (Å²) in [5, 5.41) is 12.5. The second-order valence-electron chi connectivity index (χ2n) is 5.57. The first-order valence-electron chi connectivity index (χ1n) is 7.53. The highest BCUT2D eigenvalue weighted by Gasteiger charge is 2.23. The molecule has 0 aromatic carbocycles. The summed E-state index contributed by atoms with van der Waals surface area (Å²) >= 11 is 0. The number of piperidine rings is 1. The zero-order chi connectivity index (χ0) is 14.5. The van der Waals surface area contributed by atoms with E-state index in [1.54, 1.807) is 6.20 Å². The Morgan fingerprint density at radius 2 is 2.29 bits per heavy atom. The van der Waals surface area contributed by atoms with Gasteiger partial charge in [0.2, 0.25) is 0 Å². The van der Waals surface area contributed by atoms with Crippen LogP contribution in [0.3, 0.4) is 0 Å². The topological polar surface area (TPSA) is 50.1 Å². The molecule has 1 aliphatic heterocycles. The molecule has 2 aromatic rings. The summed E-state index contributed by atoms with van der Waals surface area (Å²) in [6.07, 6.45) is 8.01. The van der Waals surface area contributed by atoms with Gasteiger partial charge in [0.05, 0.1) is 6.54 Å². The van der Waals surface area contributed by atoms with Crippen molar-refractivity contribution in [2.45, 2.75) is 25.4 Å². The Morgan fingerprint density at radius 3 is 3.05 bits per heavy atom. The molecule has 3 heterocycles. The molecule has 0 unspecified atom stereocenters. The molecule has 0 N–H and O–H groups in total. The highest BCUT2D eigenvalue weighted by atomic mass is 15.3. The van der Waals surface area contributed by atoms with Crippen LogP contribution in [0.5, 0.6) is 0 Å². The zero-order valence-electron chi connectivity index (χ0n) is 12.5. The first kappa shape index (κ1) is 14.0. The molecule has 1 atom stereocenters. The predicted molar refractivity (Wildman–Crippen MR) is 82.1 cm³/mol. The van der Waals surface area contributed by atoms with Gasteiger partial charge >= 0.3 is 0 Å². The van der Waals surface area contributed by atoms with Crippen LogP contribution in [0, 0.1) is 0 Å². The van der Waals surface area contributed by atoms with E-state index in [0.29, 0.717) is 6.04 Å². The zero-order valence-corrected chi connectivity index (χ0v) is 12.5. The van der Waals surface area contributed by atoms with Crippen LogP contribution in [0.2, 0.25) is 0 Å². The quantitative estimate of drug-likeness (QED) is 0.828. The predicted octanol–water partition coefficient (Wildman–Crippen LogP) is 1.27. The van der Waals surface area contributed by atoms with E-state index in [1.807, 2.05) is 35.3 Å². The Morgan fingerprint density at radius 1 is 1.33 bits per heavy atom. The molecule has 2 aromatic heterocycles. The molecule has 6 nitrogen and oxygen atoms in total. The van der Waals surface area contributed by atoms with Gasteiger partial charge in [-0.1, -0.05) is 0 Å². The standard InChI is InChI=1S/C15H22N6/c1-19(11-12-21-10-4-8-17-21)14-5-3-9-20(13-14)15-6-2-7-16-18-15/h2,4,6-8,10,14H,3,5,9,11-13H2,1H3/t14-/m0/s1. The maximum Gasteiger partial charge on any atom is 0.151 e. The molecule has 0 bridgehead atoms. The summed E-state index contributed by atoms with van der Waals surface area (Å²) in [6, 6.07) is 6.53. The van der Waals surface area contributed by atoms with Crippen molar-refractivity contribution in [3.05, 3.63) is 36.8 Å². The molecule has 0 saturated carbocycles. The lowest BCUT2D eigenvalue weighted by Crippen LogP contribution is -2.47. The van der Waals surface area contributed by atoms with Gasteiger partial charge in [-0.3, -0.25) is 9.58 Å². The Kier molecular flexibility index (Phi) is 4.45.